The molecule has 0 radical (unpaired) electrons. The molecule has 1 saturated heterocycles. The Morgan fingerprint density at radius 1 is 1.15 bits per heavy atom. The first kappa shape index (κ1) is 26.4. The zero-order chi connectivity index (χ0) is 24.9. The number of thioether (sulfide) groups is 1. The van der Waals surface area contributed by atoms with Gasteiger partial charge in [-0.15, -0.1) is 0 Å². The lowest BCUT2D eigenvalue weighted by Crippen LogP contribution is -2.55. The second-order valence-electron chi connectivity index (χ2n) is 7.63. The molecule has 3 rings (SSSR count). The summed E-state index contributed by atoms with van der Waals surface area (Å²) < 4.78 is 38.6. The van der Waals surface area contributed by atoms with Crippen LogP contribution in [0.2, 0.25) is 10.0 Å². The molecule has 12 heteroatoms. The molecule has 1 aliphatic heterocycles. The molecular weight excluding hydrogens is 512 g/mol. The highest BCUT2D eigenvalue weighted by atomic mass is 35.5. The summed E-state index contributed by atoms with van der Waals surface area (Å²) in [5.74, 6) is 0.266. The third kappa shape index (κ3) is 6.49. The molecule has 0 spiro atoms. The number of benzene rings is 1. The minimum absolute atomic E-state index is 0.0977. The van der Waals surface area contributed by atoms with E-state index < -0.39 is 23.7 Å². The van der Waals surface area contributed by atoms with E-state index in [0.29, 0.717) is 48.9 Å². The number of hydrogen-bond donors (Lipinski definition) is 1. The van der Waals surface area contributed by atoms with Crippen molar-refractivity contribution in [1.82, 2.24) is 15.2 Å². The van der Waals surface area contributed by atoms with Crippen LogP contribution in [0.25, 0.3) is 0 Å². The molecule has 0 saturated carbocycles. The summed E-state index contributed by atoms with van der Waals surface area (Å²) in [6.45, 7) is 1.32. The fraction of sp³-hybridized carbons (Fsp3) is 0.409. The van der Waals surface area contributed by atoms with E-state index in [1.54, 1.807) is 45.8 Å². The van der Waals surface area contributed by atoms with Crippen LogP contribution in [-0.2, 0) is 11.0 Å². The van der Waals surface area contributed by atoms with Crippen LogP contribution in [0, 0.1) is 0 Å². The van der Waals surface area contributed by atoms with Crippen LogP contribution < -0.4 is 10.2 Å². The first-order valence-corrected chi connectivity index (χ1v) is 12.6. The van der Waals surface area contributed by atoms with E-state index in [2.05, 4.69) is 10.3 Å². The van der Waals surface area contributed by atoms with Crippen LogP contribution in [0.4, 0.5) is 19.0 Å². The molecule has 0 bridgehead atoms. The van der Waals surface area contributed by atoms with E-state index in [-0.39, 0.29) is 16.7 Å². The summed E-state index contributed by atoms with van der Waals surface area (Å²) >= 11 is 13.7. The normalized spacial score (nSPS) is 15.2. The van der Waals surface area contributed by atoms with Crippen molar-refractivity contribution in [1.29, 1.82) is 0 Å². The maximum atomic E-state index is 13.2. The third-order valence-corrected chi connectivity index (χ3v) is 6.62. The number of alkyl halides is 3. The maximum Gasteiger partial charge on any atom is 0.417 e. The predicted octanol–water partition coefficient (Wildman–Crippen LogP) is 4.61. The van der Waals surface area contributed by atoms with Crippen LogP contribution in [0.5, 0.6) is 0 Å². The Hall–Kier alpha value is -2.17. The highest BCUT2D eigenvalue weighted by Gasteiger charge is 2.33. The van der Waals surface area contributed by atoms with Crippen molar-refractivity contribution in [2.75, 3.05) is 43.1 Å². The van der Waals surface area contributed by atoms with Gasteiger partial charge in [0.15, 0.2) is 0 Å². The first-order valence-electron chi connectivity index (χ1n) is 10.4. The lowest BCUT2D eigenvalue weighted by Gasteiger charge is -2.37. The van der Waals surface area contributed by atoms with Crippen molar-refractivity contribution >= 4 is 52.6 Å². The monoisotopic (exact) mass is 534 g/mol. The molecule has 1 fully saturated rings. The summed E-state index contributed by atoms with van der Waals surface area (Å²) in [7, 11) is 0. The number of pyridine rings is 1. The largest absolute Gasteiger partial charge is 0.417 e. The summed E-state index contributed by atoms with van der Waals surface area (Å²) in [4.78, 5) is 33.2. The van der Waals surface area contributed by atoms with Gasteiger partial charge in [-0.1, -0.05) is 35.3 Å². The van der Waals surface area contributed by atoms with Gasteiger partial charge in [0.05, 0.1) is 21.2 Å². The van der Waals surface area contributed by atoms with Gasteiger partial charge in [0, 0.05) is 32.4 Å². The molecule has 2 heterocycles. The number of amides is 2. The third-order valence-electron chi connectivity index (χ3n) is 5.37. The second-order valence-corrected chi connectivity index (χ2v) is 9.43. The van der Waals surface area contributed by atoms with Crippen LogP contribution >= 0.6 is 35.0 Å². The SMILES string of the molecule is CSCCC(NC(=O)c1ccccc1Cl)C(=O)N1CCN(c2ncc(C(F)(F)F)cc2Cl)CC1. The molecule has 2 aromatic rings. The Morgan fingerprint density at radius 2 is 1.82 bits per heavy atom. The molecule has 1 aromatic carbocycles. The number of aromatic nitrogens is 1. The van der Waals surface area contributed by atoms with Crippen molar-refractivity contribution in [3.05, 3.63) is 57.7 Å². The van der Waals surface area contributed by atoms with Crippen LogP contribution in [0.3, 0.4) is 0 Å². The van der Waals surface area contributed by atoms with Crippen molar-refractivity contribution in [2.45, 2.75) is 18.6 Å². The molecule has 1 aromatic heterocycles. The van der Waals surface area contributed by atoms with Crippen LogP contribution in [0.1, 0.15) is 22.3 Å². The van der Waals surface area contributed by atoms with Crippen molar-refractivity contribution in [3.63, 3.8) is 0 Å². The van der Waals surface area contributed by atoms with Crippen LogP contribution in [-0.4, -0.2) is 65.9 Å². The van der Waals surface area contributed by atoms with E-state index in [4.69, 9.17) is 23.2 Å². The van der Waals surface area contributed by atoms with E-state index in [0.717, 1.165) is 12.3 Å². The number of halogens is 5. The number of hydrogen-bond acceptors (Lipinski definition) is 5. The van der Waals surface area contributed by atoms with Gasteiger partial charge in [-0.2, -0.15) is 24.9 Å². The van der Waals surface area contributed by atoms with Gasteiger partial charge in [0.2, 0.25) is 5.91 Å². The number of nitrogens with one attached hydrogen (secondary N) is 1. The fourth-order valence-electron chi connectivity index (χ4n) is 3.55. The Morgan fingerprint density at radius 3 is 2.41 bits per heavy atom. The maximum absolute atomic E-state index is 13.2. The zero-order valence-electron chi connectivity index (χ0n) is 18.2. The predicted molar refractivity (Wildman–Crippen MR) is 129 cm³/mol. The summed E-state index contributed by atoms with van der Waals surface area (Å²) in [5.41, 5.74) is -0.625. The summed E-state index contributed by atoms with van der Waals surface area (Å²) in [5, 5.41) is 3.00. The molecule has 6 nitrogen and oxygen atoms in total. The summed E-state index contributed by atoms with van der Waals surface area (Å²) in [6.07, 6.45) is -1.42. The van der Waals surface area contributed by atoms with Gasteiger partial charge < -0.3 is 15.1 Å². The highest BCUT2D eigenvalue weighted by Crippen LogP contribution is 2.33. The van der Waals surface area contributed by atoms with Gasteiger partial charge in [-0.05, 0) is 36.6 Å². The van der Waals surface area contributed by atoms with Crippen molar-refractivity contribution in [3.8, 4) is 0 Å². The molecule has 0 aliphatic carbocycles. The quantitative estimate of drug-likeness (QED) is 0.562. The number of piperazine rings is 1. The fourth-order valence-corrected chi connectivity index (χ4v) is 4.53. The Balaban J connectivity index is 1.65. The first-order chi connectivity index (χ1) is 16.1. The molecular formula is C22H23Cl2F3N4O2S. The van der Waals surface area contributed by atoms with E-state index >= 15 is 0 Å². The standard InChI is InChI=1S/C22H23Cl2F3N4O2S/c1-34-11-6-18(29-20(32)15-4-2-3-5-16(15)23)21(33)31-9-7-30(8-10-31)19-17(24)12-14(13-28-19)22(25,26)27/h2-5,12-13,18H,6-11H2,1H3,(H,29,32). The minimum Gasteiger partial charge on any atom is -0.352 e. The molecule has 1 unspecified atom stereocenters. The Bertz CT molecular complexity index is 1030. The van der Waals surface area contributed by atoms with Crippen LogP contribution in [0.15, 0.2) is 36.5 Å². The molecule has 1 atom stereocenters. The van der Waals surface area contributed by atoms with Gasteiger partial charge in [0.25, 0.3) is 5.91 Å². The molecule has 2 amide bonds. The number of carbonyl (C=O) groups excluding carboxylic acids is 2. The number of carbonyl (C=O) groups is 2. The minimum atomic E-state index is -4.53. The van der Waals surface area contributed by atoms with Crippen molar-refractivity contribution in [2.24, 2.45) is 0 Å². The average molecular weight is 535 g/mol. The van der Waals surface area contributed by atoms with E-state index in [1.165, 1.54) is 0 Å². The van der Waals surface area contributed by atoms with Crippen molar-refractivity contribution < 1.29 is 22.8 Å². The summed E-state index contributed by atoms with van der Waals surface area (Å²) in [6, 6.07) is 6.73. The molecule has 1 N–H and O–H groups in total. The van der Waals surface area contributed by atoms with Gasteiger partial charge >= 0.3 is 6.18 Å². The van der Waals surface area contributed by atoms with Gasteiger partial charge in [-0.25, -0.2) is 4.98 Å². The number of nitrogens with zero attached hydrogens (tertiary/aromatic N) is 3. The molecule has 1 aliphatic rings. The second kappa shape index (κ2) is 11.5. The van der Waals surface area contributed by atoms with Gasteiger partial charge in [-0.3, -0.25) is 9.59 Å². The smallest absolute Gasteiger partial charge is 0.352 e. The lowest BCUT2D eigenvalue weighted by molar-refractivity contribution is -0.138. The number of anilines is 1. The highest BCUT2D eigenvalue weighted by molar-refractivity contribution is 7.98. The Labute approximate surface area is 209 Å². The Kier molecular flexibility index (Phi) is 8.95. The van der Waals surface area contributed by atoms with Gasteiger partial charge in [0.1, 0.15) is 11.9 Å². The molecule has 34 heavy (non-hydrogen) atoms. The number of rotatable bonds is 7. The zero-order valence-corrected chi connectivity index (χ0v) is 20.6. The van der Waals surface area contributed by atoms with E-state index in [1.807, 2.05) is 6.26 Å². The lowest BCUT2D eigenvalue weighted by atomic mass is 10.1. The topological polar surface area (TPSA) is 65.5 Å². The van der Waals surface area contributed by atoms with E-state index in [9.17, 15) is 22.8 Å². The molecule has 184 valence electrons. The average Bonchev–Trinajstić information content (AvgIpc) is 2.81.